The fourth-order valence-electron chi connectivity index (χ4n) is 4.16. The molecule has 1 amide bonds. The standard InChI is InChI=1S/C25H33N3O3S/c1-5-16(4)20(15-24(29)30)27-25(31)17-10-11-22-21(13-17)26-23(14-19-9-8-12-32-19)28(22)18(6-2)7-3/h8-13,16,18,20H,5-7,14-15H2,1-4H3,(H,27,31)(H,29,30)/t16-,20+/m0/s1. The lowest BCUT2D eigenvalue weighted by atomic mass is 9.96. The van der Waals surface area contributed by atoms with Gasteiger partial charge in [0.25, 0.3) is 5.91 Å². The molecule has 0 bridgehead atoms. The third-order valence-corrected chi connectivity index (χ3v) is 7.16. The SMILES string of the molecule is CCC(CC)n1c(Cc2cccs2)nc2cc(C(=O)N[C@H](CC(=O)O)[C@@H](C)CC)ccc21. The fourth-order valence-corrected chi connectivity index (χ4v) is 4.87. The smallest absolute Gasteiger partial charge is 0.305 e. The number of carbonyl (C=O) groups is 2. The van der Waals surface area contributed by atoms with E-state index in [0.717, 1.165) is 42.5 Å². The van der Waals surface area contributed by atoms with Crippen LogP contribution in [0.3, 0.4) is 0 Å². The van der Waals surface area contributed by atoms with Gasteiger partial charge < -0.3 is 15.0 Å². The Balaban J connectivity index is 1.95. The second-order valence-electron chi connectivity index (χ2n) is 8.39. The van der Waals surface area contributed by atoms with E-state index in [-0.39, 0.29) is 18.2 Å². The maximum atomic E-state index is 13.0. The number of rotatable bonds is 11. The van der Waals surface area contributed by atoms with Gasteiger partial charge in [-0.05, 0) is 48.4 Å². The number of nitrogens with one attached hydrogen (secondary N) is 1. The van der Waals surface area contributed by atoms with Gasteiger partial charge >= 0.3 is 5.97 Å². The van der Waals surface area contributed by atoms with Gasteiger partial charge in [0.15, 0.2) is 0 Å². The average Bonchev–Trinajstić information content (AvgIpc) is 3.41. The molecule has 0 radical (unpaired) electrons. The summed E-state index contributed by atoms with van der Waals surface area (Å²) >= 11 is 1.72. The number of amides is 1. The molecule has 172 valence electrons. The van der Waals surface area contributed by atoms with Crippen LogP contribution in [0.2, 0.25) is 0 Å². The zero-order chi connectivity index (χ0) is 23.3. The summed E-state index contributed by atoms with van der Waals surface area (Å²) in [4.78, 5) is 30.4. The highest BCUT2D eigenvalue weighted by Crippen LogP contribution is 2.28. The number of carboxylic acids is 1. The van der Waals surface area contributed by atoms with E-state index in [9.17, 15) is 14.7 Å². The topological polar surface area (TPSA) is 84.2 Å². The zero-order valence-electron chi connectivity index (χ0n) is 19.3. The molecule has 6 nitrogen and oxygen atoms in total. The summed E-state index contributed by atoms with van der Waals surface area (Å²) in [6.45, 7) is 8.34. The van der Waals surface area contributed by atoms with Crippen molar-refractivity contribution in [1.82, 2.24) is 14.9 Å². The number of carboxylic acid groups (broad SMARTS) is 1. The number of carbonyl (C=O) groups excluding carboxylic acids is 1. The fraction of sp³-hybridized carbons (Fsp3) is 0.480. The van der Waals surface area contributed by atoms with Crippen LogP contribution in [0.25, 0.3) is 11.0 Å². The quantitative estimate of drug-likeness (QED) is 0.390. The number of nitrogens with zero attached hydrogens (tertiary/aromatic N) is 2. The number of benzene rings is 1. The Labute approximate surface area is 193 Å². The number of fused-ring (bicyclic) bond motifs is 1. The van der Waals surface area contributed by atoms with Crippen LogP contribution < -0.4 is 5.32 Å². The van der Waals surface area contributed by atoms with Crippen LogP contribution in [-0.4, -0.2) is 32.6 Å². The second kappa shape index (κ2) is 10.8. The Bertz CT molecular complexity index is 1050. The molecule has 0 saturated carbocycles. The molecule has 32 heavy (non-hydrogen) atoms. The summed E-state index contributed by atoms with van der Waals surface area (Å²) in [5, 5.41) is 14.2. The summed E-state index contributed by atoms with van der Waals surface area (Å²) in [6.07, 6.45) is 3.49. The highest BCUT2D eigenvalue weighted by molar-refractivity contribution is 7.09. The van der Waals surface area contributed by atoms with Gasteiger partial charge in [0.2, 0.25) is 0 Å². The maximum absolute atomic E-state index is 13.0. The van der Waals surface area contributed by atoms with Gasteiger partial charge in [0.1, 0.15) is 5.82 Å². The van der Waals surface area contributed by atoms with Crippen LogP contribution in [0.5, 0.6) is 0 Å². The Kier molecular flexibility index (Phi) is 8.07. The summed E-state index contributed by atoms with van der Waals surface area (Å²) in [5.74, 6) is -0.0779. The molecule has 0 unspecified atom stereocenters. The molecule has 1 aromatic carbocycles. The van der Waals surface area contributed by atoms with E-state index >= 15 is 0 Å². The van der Waals surface area contributed by atoms with Crippen molar-refractivity contribution < 1.29 is 14.7 Å². The monoisotopic (exact) mass is 455 g/mol. The summed E-state index contributed by atoms with van der Waals surface area (Å²) in [6, 6.07) is 9.74. The minimum atomic E-state index is -0.909. The predicted octanol–water partition coefficient (Wildman–Crippen LogP) is 5.67. The lowest BCUT2D eigenvalue weighted by Crippen LogP contribution is -2.40. The van der Waals surface area contributed by atoms with E-state index in [1.54, 1.807) is 11.3 Å². The first-order valence-electron chi connectivity index (χ1n) is 11.4. The summed E-state index contributed by atoms with van der Waals surface area (Å²) in [7, 11) is 0. The van der Waals surface area contributed by atoms with E-state index in [2.05, 4.69) is 41.2 Å². The van der Waals surface area contributed by atoms with Gasteiger partial charge in [-0.15, -0.1) is 11.3 Å². The van der Waals surface area contributed by atoms with Crippen molar-refractivity contribution in [3.8, 4) is 0 Å². The van der Waals surface area contributed by atoms with Crippen molar-refractivity contribution in [2.75, 3.05) is 0 Å². The van der Waals surface area contributed by atoms with Crippen molar-refractivity contribution >= 4 is 34.2 Å². The first-order chi connectivity index (χ1) is 15.4. The highest BCUT2D eigenvalue weighted by atomic mass is 32.1. The van der Waals surface area contributed by atoms with E-state index in [4.69, 9.17) is 4.98 Å². The van der Waals surface area contributed by atoms with Gasteiger partial charge in [-0.2, -0.15) is 0 Å². The lowest BCUT2D eigenvalue weighted by molar-refractivity contribution is -0.137. The molecule has 0 aliphatic heterocycles. The molecule has 2 aromatic heterocycles. The molecule has 0 aliphatic rings. The number of thiophene rings is 1. The van der Waals surface area contributed by atoms with E-state index < -0.39 is 12.0 Å². The van der Waals surface area contributed by atoms with E-state index in [1.807, 2.05) is 32.0 Å². The minimum Gasteiger partial charge on any atom is -0.481 e. The molecule has 7 heteroatoms. The molecular weight excluding hydrogens is 422 g/mol. The number of hydrogen-bond donors (Lipinski definition) is 2. The van der Waals surface area contributed by atoms with E-state index in [1.165, 1.54) is 4.88 Å². The number of imidazole rings is 1. The summed E-state index contributed by atoms with van der Waals surface area (Å²) in [5.41, 5.74) is 2.34. The largest absolute Gasteiger partial charge is 0.481 e. The molecule has 2 atom stereocenters. The Morgan fingerprint density at radius 1 is 1.16 bits per heavy atom. The molecule has 2 heterocycles. The number of hydrogen-bond acceptors (Lipinski definition) is 4. The van der Waals surface area contributed by atoms with Gasteiger partial charge in [-0.3, -0.25) is 9.59 Å². The lowest BCUT2D eigenvalue weighted by Gasteiger charge is -2.23. The molecule has 2 N–H and O–H groups in total. The third-order valence-electron chi connectivity index (χ3n) is 6.29. The predicted molar refractivity (Wildman–Crippen MR) is 129 cm³/mol. The Morgan fingerprint density at radius 2 is 1.91 bits per heavy atom. The van der Waals surface area contributed by atoms with Crippen molar-refractivity contribution in [2.45, 2.75) is 71.9 Å². The van der Waals surface area contributed by atoms with Crippen LogP contribution in [0.4, 0.5) is 0 Å². The molecule has 0 fully saturated rings. The average molecular weight is 456 g/mol. The molecule has 3 aromatic rings. The maximum Gasteiger partial charge on any atom is 0.305 e. The highest BCUT2D eigenvalue weighted by Gasteiger charge is 2.23. The van der Waals surface area contributed by atoms with Crippen molar-refractivity contribution in [1.29, 1.82) is 0 Å². The number of aliphatic carboxylic acids is 1. The first-order valence-corrected chi connectivity index (χ1v) is 12.3. The van der Waals surface area contributed by atoms with Crippen molar-refractivity contribution in [3.05, 3.63) is 52.0 Å². The normalized spacial score (nSPS) is 13.4. The van der Waals surface area contributed by atoms with Crippen molar-refractivity contribution in [3.63, 3.8) is 0 Å². The van der Waals surface area contributed by atoms with Gasteiger partial charge in [-0.1, -0.05) is 40.2 Å². The van der Waals surface area contributed by atoms with Crippen LogP contribution in [0.1, 0.15) is 80.5 Å². The Morgan fingerprint density at radius 3 is 2.50 bits per heavy atom. The van der Waals surface area contributed by atoms with Crippen LogP contribution in [-0.2, 0) is 11.2 Å². The third kappa shape index (κ3) is 5.38. The second-order valence-corrected chi connectivity index (χ2v) is 9.42. The number of aromatic nitrogens is 2. The molecular formula is C25H33N3O3S. The van der Waals surface area contributed by atoms with Crippen LogP contribution in [0, 0.1) is 5.92 Å². The molecule has 0 spiro atoms. The molecule has 0 aliphatic carbocycles. The van der Waals surface area contributed by atoms with Gasteiger partial charge in [0, 0.05) is 28.9 Å². The summed E-state index contributed by atoms with van der Waals surface area (Å²) < 4.78 is 2.32. The van der Waals surface area contributed by atoms with Crippen LogP contribution >= 0.6 is 11.3 Å². The van der Waals surface area contributed by atoms with Gasteiger partial charge in [0.05, 0.1) is 17.5 Å². The van der Waals surface area contributed by atoms with E-state index in [0.29, 0.717) is 11.6 Å². The minimum absolute atomic E-state index is 0.0743. The molecule has 3 rings (SSSR count). The van der Waals surface area contributed by atoms with Crippen LogP contribution in [0.15, 0.2) is 35.7 Å². The first kappa shape index (κ1) is 24.0. The van der Waals surface area contributed by atoms with Gasteiger partial charge in [-0.25, -0.2) is 4.98 Å². The van der Waals surface area contributed by atoms with Crippen molar-refractivity contribution in [2.24, 2.45) is 5.92 Å². The Hall–Kier alpha value is -2.67. The molecule has 0 saturated heterocycles. The zero-order valence-corrected chi connectivity index (χ0v) is 20.1.